The predicted octanol–water partition coefficient (Wildman–Crippen LogP) is 4.05. The Morgan fingerprint density at radius 2 is 2.30 bits per heavy atom. The van der Waals surface area contributed by atoms with Crippen LogP contribution in [0.3, 0.4) is 0 Å². The average Bonchev–Trinajstić information content (AvgIpc) is 3.09. The molecular formula is C16H22N2S2. The number of nitrogens with one attached hydrogen (secondary N) is 1. The van der Waals surface area contributed by atoms with Crippen molar-refractivity contribution in [1.82, 2.24) is 10.2 Å². The molecule has 20 heavy (non-hydrogen) atoms. The zero-order chi connectivity index (χ0) is 13.9. The maximum atomic E-state index is 3.73. The Labute approximate surface area is 129 Å². The lowest BCUT2D eigenvalue weighted by Gasteiger charge is -2.35. The number of thiophene rings is 2. The Morgan fingerprint density at radius 3 is 3.05 bits per heavy atom. The first kappa shape index (κ1) is 14.3. The largest absolute Gasteiger partial charge is 0.309 e. The zero-order valence-corrected chi connectivity index (χ0v) is 13.8. The van der Waals surface area contributed by atoms with Crippen LogP contribution >= 0.6 is 22.7 Å². The fourth-order valence-corrected chi connectivity index (χ4v) is 4.39. The van der Waals surface area contributed by atoms with Gasteiger partial charge in [0.2, 0.25) is 0 Å². The third kappa shape index (κ3) is 3.31. The third-order valence-electron chi connectivity index (χ3n) is 4.23. The van der Waals surface area contributed by atoms with Gasteiger partial charge in [-0.05, 0) is 56.3 Å². The van der Waals surface area contributed by atoms with E-state index in [1.165, 1.54) is 34.7 Å². The maximum absolute atomic E-state index is 3.73. The fraction of sp³-hybridized carbons (Fsp3) is 0.500. The molecule has 2 aromatic heterocycles. The molecule has 3 rings (SSSR count). The number of nitrogens with zero attached hydrogens (tertiary/aromatic N) is 1. The first-order chi connectivity index (χ1) is 9.72. The Morgan fingerprint density at radius 1 is 1.40 bits per heavy atom. The van der Waals surface area contributed by atoms with Crippen LogP contribution in [0.15, 0.2) is 29.0 Å². The standard InChI is InChI=1S/C16H22N2S2/c1-12-8-14(5-6-18(12)2)17-10-15-9-13(11-20-15)16-4-3-7-19-16/h3-4,7,9,11-12,14,17H,5-6,8,10H2,1-2H3. The van der Waals surface area contributed by atoms with Crippen LogP contribution in [0.5, 0.6) is 0 Å². The molecule has 2 nitrogen and oxygen atoms in total. The van der Waals surface area contributed by atoms with E-state index in [1.54, 1.807) is 0 Å². The van der Waals surface area contributed by atoms with E-state index in [0.717, 1.165) is 6.54 Å². The fourth-order valence-electron chi connectivity index (χ4n) is 2.77. The van der Waals surface area contributed by atoms with Crippen molar-refractivity contribution in [2.75, 3.05) is 13.6 Å². The molecule has 2 unspecified atom stereocenters. The number of rotatable bonds is 4. The monoisotopic (exact) mass is 306 g/mol. The second-order valence-corrected chi connectivity index (χ2v) is 7.65. The molecule has 4 heteroatoms. The van der Waals surface area contributed by atoms with Gasteiger partial charge in [0.15, 0.2) is 0 Å². The Balaban J connectivity index is 1.54. The van der Waals surface area contributed by atoms with E-state index in [9.17, 15) is 0 Å². The highest BCUT2D eigenvalue weighted by Crippen LogP contribution is 2.29. The molecule has 2 atom stereocenters. The summed E-state index contributed by atoms with van der Waals surface area (Å²) >= 11 is 3.69. The zero-order valence-electron chi connectivity index (χ0n) is 12.1. The summed E-state index contributed by atoms with van der Waals surface area (Å²) in [5, 5.41) is 8.16. The Hall–Kier alpha value is -0.680. The van der Waals surface area contributed by atoms with E-state index in [1.807, 2.05) is 22.7 Å². The van der Waals surface area contributed by atoms with Gasteiger partial charge in [0.05, 0.1) is 0 Å². The first-order valence-corrected chi connectivity index (χ1v) is 9.03. The van der Waals surface area contributed by atoms with Crippen molar-refractivity contribution in [3.63, 3.8) is 0 Å². The molecule has 0 saturated carbocycles. The summed E-state index contributed by atoms with van der Waals surface area (Å²) in [6, 6.07) is 8.03. The summed E-state index contributed by atoms with van der Waals surface area (Å²) in [7, 11) is 2.23. The van der Waals surface area contributed by atoms with E-state index >= 15 is 0 Å². The van der Waals surface area contributed by atoms with Gasteiger partial charge in [0.1, 0.15) is 0 Å². The van der Waals surface area contributed by atoms with Crippen molar-refractivity contribution in [1.29, 1.82) is 0 Å². The Kier molecular flexibility index (Phi) is 4.56. The number of piperidine rings is 1. The molecule has 1 fully saturated rings. The van der Waals surface area contributed by atoms with E-state index < -0.39 is 0 Å². The minimum absolute atomic E-state index is 0.675. The van der Waals surface area contributed by atoms with Crippen LogP contribution in [0, 0.1) is 0 Å². The van der Waals surface area contributed by atoms with Crippen molar-refractivity contribution in [2.45, 2.75) is 38.4 Å². The number of hydrogen-bond donors (Lipinski definition) is 1. The molecule has 0 aliphatic carbocycles. The molecule has 0 amide bonds. The van der Waals surface area contributed by atoms with E-state index in [0.29, 0.717) is 12.1 Å². The van der Waals surface area contributed by atoms with Gasteiger partial charge in [-0.15, -0.1) is 22.7 Å². The second kappa shape index (κ2) is 6.39. The van der Waals surface area contributed by atoms with E-state index in [-0.39, 0.29) is 0 Å². The number of likely N-dealkylation sites (tertiary alicyclic amines) is 1. The van der Waals surface area contributed by atoms with Gasteiger partial charge in [-0.25, -0.2) is 0 Å². The molecule has 0 radical (unpaired) electrons. The first-order valence-electron chi connectivity index (χ1n) is 7.27. The minimum Gasteiger partial charge on any atom is -0.309 e. The van der Waals surface area contributed by atoms with Crippen molar-refractivity contribution in [2.24, 2.45) is 0 Å². The molecule has 108 valence electrons. The highest BCUT2D eigenvalue weighted by molar-refractivity contribution is 7.14. The summed E-state index contributed by atoms with van der Waals surface area (Å²) < 4.78 is 0. The molecule has 3 heterocycles. The summed E-state index contributed by atoms with van der Waals surface area (Å²) in [4.78, 5) is 5.28. The van der Waals surface area contributed by atoms with Crippen LogP contribution in [0.25, 0.3) is 10.4 Å². The van der Waals surface area contributed by atoms with Gasteiger partial charge in [0, 0.05) is 33.9 Å². The van der Waals surface area contributed by atoms with Gasteiger partial charge < -0.3 is 10.2 Å². The molecule has 2 aromatic rings. The molecule has 1 aliphatic heterocycles. The lowest BCUT2D eigenvalue weighted by atomic mass is 9.99. The summed E-state index contributed by atoms with van der Waals surface area (Å²) in [5.74, 6) is 0. The minimum atomic E-state index is 0.675. The average molecular weight is 307 g/mol. The molecule has 0 spiro atoms. The van der Waals surface area contributed by atoms with Crippen LogP contribution in [0.4, 0.5) is 0 Å². The molecule has 0 bridgehead atoms. The lowest BCUT2D eigenvalue weighted by Crippen LogP contribution is -2.45. The highest BCUT2D eigenvalue weighted by atomic mass is 32.1. The normalized spacial score (nSPS) is 24.1. The van der Waals surface area contributed by atoms with Crippen molar-refractivity contribution in [3.8, 4) is 10.4 Å². The quantitative estimate of drug-likeness (QED) is 0.917. The smallest absolute Gasteiger partial charge is 0.0351 e. The SMILES string of the molecule is CC1CC(NCc2cc(-c3cccs3)cs2)CCN1C. The summed E-state index contributed by atoms with van der Waals surface area (Å²) in [6.07, 6.45) is 2.53. The van der Waals surface area contributed by atoms with Crippen molar-refractivity contribution in [3.05, 3.63) is 33.8 Å². The van der Waals surface area contributed by atoms with Crippen molar-refractivity contribution >= 4 is 22.7 Å². The van der Waals surface area contributed by atoms with Crippen molar-refractivity contribution < 1.29 is 0 Å². The summed E-state index contributed by atoms with van der Waals surface area (Å²) in [5.41, 5.74) is 1.37. The van der Waals surface area contributed by atoms with Crippen LogP contribution in [0.2, 0.25) is 0 Å². The van der Waals surface area contributed by atoms with Gasteiger partial charge in [-0.1, -0.05) is 6.07 Å². The lowest BCUT2D eigenvalue weighted by molar-refractivity contribution is 0.168. The molecule has 0 aromatic carbocycles. The number of hydrogen-bond acceptors (Lipinski definition) is 4. The van der Waals surface area contributed by atoms with Crippen LogP contribution < -0.4 is 5.32 Å². The van der Waals surface area contributed by atoms with Crippen LogP contribution in [0.1, 0.15) is 24.6 Å². The predicted molar refractivity (Wildman–Crippen MR) is 89.6 cm³/mol. The van der Waals surface area contributed by atoms with Gasteiger partial charge in [-0.2, -0.15) is 0 Å². The Bertz CT molecular complexity index is 532. The topological polar surface area (TPSA) is 15.3 Å². The molecular weight excluding hydrogens is 284 g/mol. The second-order valence-electron chi connectivity index (χ2n) is 5.71. The highest BCUT2D eigenvalue weighted by Gasteiger charge is 2.22. The maximum Gasteiger partial charge on any atom is 0.0351 e. The van der Waals surface area contributed by atoms with Crippen LogP contribution in [-0.2, 0) is 6.54 Å². The van der Waals surface area contributed by atoms with Gasteiger partial charge in [0.25, 0.3) is 0 Å². The molecule has 1 N–H and O–H groups in total. The van der Waals surface area contributed by atoms with E-state index in [2.05, 4.69) is 53.1 Å². The molecule has 1 saturated heterocycles. The van der Waals surface area contributed by atoms with E-state index in [4.69, 9.17) is 0 Å². The van der Waals surface area contributed by atoms with Gasteiger partial charge in [-0.3, -0.25) is 0 Å². The third-order valence-corrected chi connectivity index (χ3v) is 6.09. The van der Waals surface area contributed by atoms with Crippen LogP contribution in [-0.4, -0.2) is 30.6 Å². The van der Waals surface area contributed by atoms with Gasteiger partial charge >= 0.3 is 0 Å². The summed E-state index contributed by atoms with van der Waals surface area (Å²) in [6.45, 7) is 4.55. The molecule has 1 aliphatic rings.